The van der Waals surface area contributed by atoms with Gasteiger partial charge in [0, 0.05) is 11.1 Å². The quantitative estimate of drug-likeness (QED) is 0.173. The van der Waals surface area contributed by atoms with Gasteiger partial charge in [-0.1, -0.05) is 66.2 Å². The van der Waals surface area contributed by atoms with E-state index < -0.39 is 49.9 Å². The number of halogens is 4. The Morgan fingerprint density at radius 3 is 2.09 bits per heavy atom. The highest BCUT2D eigenvalue weighted by Crippen LogP contribution is 2.37. The molecule has 8 nitrogen and oxygen atoms in total. The first-order valence-electron chi connectivity index (χ1n) is 13.1. The fraction of sp³-hybridized carbons (Fsp3) is 0.0645. The van der Waals surface area contributed by atoms with Crippen molar-refractivity contribution >= 4 is 65.4 Å². The SMILES string of the molecule is O=C(CN(c1cc(C(F)(F)F)ccc1Cl)S(=O)(=O)c1ccccc1)Nc1ccc(S(=O)(=O)Nc2cccc3ccccc23)cc1. The Labute approximate surface area is 262 Å². The monoisotopic (exact) mass is 673 g/mol. The molecule has 0 aliphatic heterocycles. The highest BCUT2D eigenvalue weighted by atomic mass is 35.5. The van der Waals surface area contributed by atoms with Crippen molar-refractivity contribution in [2.45, 2.75) is 16.0 Å². The minimum atomic E-state index is -4.81. The van der Waals surface area contributed by atoms with E-state index in [2.05, 4.69) is 10.0 Å². The number of hydrogen-bond donors (Lipinski definition) is 2. The lowest BCUT2D eigenvalue weighted by Crippen LogP contribution is -2.38. The number of alkyl halides is 3. The molecule has 0 unspecified atom stereocenters. The predicted octanol–water partition coefficient (Wildman–Crippen LogP) is 7.15. The van der Waals surface area contributed by atoms with Crippen LogP contribution >= 0.6 is 11.6 Å². The smallest absolute Gasteiger partial charge is 0.325 e. The molecule has 0 heterocycles. The molecular weight excluding hydrogens is 651 g/mol. The van der Waals surface area contributed by atoms with Gasteiger partial charge in [0.05, 0.1) is 31.8 Å². The number of nitrogens with zero attached hydrogens (tertiary/aromatic N) is 1. The number of sulfonamides is 2. The Kier molecular flexibility index (Phi) is 8.79. The molecule has 0 aliphatic carbocycles. The van der Waals surface area contributed by atoms with Crippen LogP contribution < -0.4 is 14.3 Å². The Hall–Kier alpha value is -4.59. The van der Waals surface area contributed by atoms with Crippen molar-refractivity contribution in [1.29, 1.82) is 0 Å². The van der Waals surface area contributed by atoms with Gasteiger partial charge in [-0.3, -0.25) is 13.8 Å². The number of rotatable bonds is 9. The molecule has 14 heteroatoms. The van der Waals surface area contributed by atoms with E-state index in [9.17, 15) is 34.8 Å². The van der Waals surface area contributed by atoms with Crippen molar-refractivity contribution in [3.63, 3.8) is 0 Å². The lowest BCUT2D eigenvalue weighted by molar-refractivity contribution is -0.137. The van der Waals surface area contributed by atoms with E-state index in [0.717, 1.165) is 11.5 Å². The van der Waals surface area contributed by atoms with E-state index in [4.69, 9.17) is 11.6 Å². The first-order valence-corrected chi connectivity index (χ1v) is 16.4. The maximum absolute atomic E-state index is 13.6. The molecule has 0 atom stereocenters. The van der Waals surface area contributed by atoms with Crippen LogP contribution in [0.1, 0.15) is 5.56 Å². The van der Waals surface area contributed by atoms with E-state index >= 15 is 0 Å². The number of nitrogens with one attached hydrogen (secondary N) is 2. The Morgan fingerprint density at radius 2 is 1.40 bits per heavy atom. The minimum Gasteiger partial charge on any atom is -0.325 e. The molecular formula is C31H23ClF3N3O5S2. The first kappa shape index (κ1) is 31.8. The third kappa shape index (κ3) is 7.06. The van der Waals surface area contributed by atoms with Crippen LogP contribution in [0.5, 0.6) is 0 Å². The van der Waals surface area contributed by atoms with E-state index in [1.807, 2.05) is 18.2 Å². The minimum absolute atomic E-state index is 0.108. The third-order valence-corrected chi connectivity index (χ3v) is 10.1. The number of anilines is 3. The van der Waals surface area contributed by atoms with Crippen LogP contribution in [0.4, 0.5) is 30.2 Å². The summed E-state index contributed by atoms with van der Waals surface area (Å²) in [6.07, 6.45) is -4.81. The van der Waals surface area contributed by atoms with Gasteiger partial charge in [-0.25, -0.2) is 16.8 Å². The molecule has 0 fully saturated rings. The molecule has 0 spiro atoms. The Morgan fingerprint density at radius 1 is 0.756 bits per heavy atom. The van der Waals surface area contributed by atoms with Crippen LogP contribution in [0.3, 0.4) is 0 Å². The number of fused-ring (bicyclic) bond motifs is 1. The molecule has 232 valence electrons. The van der Waals surface area contributed by atoms with Gasteiger partial charge in [-0.2, -0.15) is 13.2 Å². The topological polar surface area (TPSA) is 113 Å². The molecule has 0 bridgehead atoms. The van der Waals surface area contributed by atoms with Crippen molar-refractivity contribution in [3.05, 3.63) is 126 Å². The average molecular weight is 674 g/mol. The number of carbonyl (C=O) groups excluding carboxylic acids is 1. The van der Waals surface area contributed by atoms with Gasteiger partial charge < -0.3 is 5.32 Å². The largest absolute Gasteiger partial charge is 0.416 e. The van der Waals surface area contributed by atoms with Gasteiger partial charge in [0.2, 0.25) is 5.91 Å². The maximum atomic E-state index is 13.6. The summed E-state index contributed by atoms with van der Waals surface area (Å²) in [7, 11) is -8.60. The fourth-order valence-electron chi connectivity index (χ4n) is 4.47. The number of hydrogen-bond acceptors (Lipinski definition) is 5. The van der Waals surface area contributed by atoms with Crippen molar-refractivity contribution in [1.82, 2.24) is 0 Å². The molecule has 0 aliphatic rings. The number of carbonyl (C=O) groups is 1. The zero-order valence-corrected chi connectivity index (χ0v) is 25.4. The molecule has 5 aromatic carbocycles. The van der Waals surface area contributed by atoms with Crippen LogP contribution in [-0.4, -0.2) is 29.3 Å². The highest BCUT2D eigenvalue weighted by molar-refractivity contribution is 7.93. The summed E-state index contributed by atoms with van der Waals surface area (Å²) >= 11 is 6.16. The molecule has 45 heavy (non-hydrogen) atoms. The lowest BCUT2D eigenvalue weighted by Gasteiger charge is -2.26. The van der Waals surface area contributed by atoms with Gasteiger partial charge >= 0.3 is 6.18 Å². The Balaban J connectivity index is 1.39. The third-order valence-electron chi connectivity index (χ3n) is 6.64. The average Bonchev–Trinajstić information content (AvgIpc) is 3.00. The van der Waals surface area contributed by atoms with Crippen LogP contribution in [-0.2, 0) is 31.0 Å². The normalized spacial score (nSPS) is 12.1. The second-order valence-corrected chi connectivity index (χ2v) is 13.6. The molecule has 0 saturated heterocycles. The van der Waals surface area contributed by atoms with Crippen LogP contribution in [0.2, 0.25) is 5.02 Å². The summed E-state index contributed by atoms with van der Waals surface area (Å²) in [5, 5.41) is 3.66. The summed E-state index contributed by atoms with van der Waals surface area (Å²) in [6.45, 7) is -0.944. The molecule has 0 saturated carbocycles. The van der Waals surface area contributed by atoms with Crippen LogP contribution in [0.15, 0.2) is 125 Å². The molecule has 1 amide bonds. The summed E-state index contributed by atoms with van der Waals surface area (Å²) in [4.78, 5) is 12.7. The maximum Gasteiger partial charge on any atom is 0.416 e. The first-order chi connectivity index (χ1) is 21.3. The summed E-state index contributed by atoms with van der Waals surface area (Å²) in [5.74, 6) is -0.924. The van der Waals surface area contributed by atoms with Crippen LogP contribution in [0, 0.1) is 0 Å². The van der Waals surface area contributed by atoms with Crippen LogP contribution in [0.25, 0.3) is 10.8 Å². The van der Waals surface area contributed by atoms with Crippen molar-refractivity contribution in [3.8, 4) is 0 Å². The summed E-state index contributed by atoms with van der Waals surface area (Å²) < 4.78 is 96.8. The van der Waals surface area contributed by atoms with Gasteiger partial charge in [-0.05, 0) is 66.0 Å². The Bertz CT molecular complexity index is 2090. The van der Waals surface area contributed by atoms with E-state index in [1.54, 1.807) is 30.3 Å². The predicted molar refractivity (Wildman–Crippen MR) is 167 cm³/mol. The molecule has 0 radical (unpaired) electrons. The molecule has 0 aromatic heterocycles. The van der Waals surface area contributed by atoms with Crippen molar-refractivity contribution in [2.75, 3.05) is 20.9 Å². The van der Waals surface area contributed by atoms with Crippen molar-refractivity contribution in [2.24, 2.45) is 0 Å². The summed E-state index contributed by atoms with van der Waals surface area (Å²) in [5.41, 5.74) is -1.23. The molecule has 5 rings (SSSR count). The zero-order chi connectivity index (χ0) is 32.4. The number of amides is 1. The molecule has 2 N–H and O–H groups in total. The van der Waals surface area contributed by atoms with Gasteiger partial charge in [0.15, 0.2) is 0 Å². The summed E-state index contributed by atoms with van der Waals surface area (Å²) in [6, 6.07) is 26.5. The van der Waals surface area contributed by atoms with Gasteiger partial charge in [0.25, 0.3) is 20.0 Å². The zero-order valence-electron chi connectivity index (χ0n) is 23.0. The van der Waals surface area contributed by atoms with E-state index in [0.29, 0.717) is 27.5 Å². The highest BCUT2D eigenvalue weighted by Gasteiger charge is 2.34. The molecule has 5 aromatic rings. The van der Waals surface area contributed by atoms with Gasteiger partial charge in [-0.15, -0.1) is 0 Å². The van der Waals surface area contributed by atoms with E-state index in [1.165, 1.54) is 48.5 Å². The second-order valence-electron chi connectivity index (χ2n) is 9.69. The van der Waals surface area contributed by atoms with Crippen molar-refractivity contribution < 1.29 is 34.8 Å². The van der Waals surface area contributed by atoms with Gasteiger partial charge in [0.1, 0.15) is 6.54 Å². The standard InChI is InChI=1S/C31H23ClF3N3O5S2/c32-27-18-13-22(31(33,34)35)19-29(27)38(45(42,43)25-9-2-1-3-10-25)20-30(39)36-23-14-16-24(17-15-23)44(40,41)37-28-12-6-8-21-7-4-5-11-26(21)28/h1-19,37H,20H2,(H,36,39). The second kappa shape index (κ2) is 12.4. The lowest BCUT2D eigenvalue weighted by atomic mass is 10.1. The number of benzene rings is 5. The van der Waals surface area contributed by atoms with E-state index in [-0.39, 0.29) is 20.5 Å². The fourth-order valence-corrected chi connectivity index (χ4v) is 7.27.